The number of ether oxygens (including phenoxy) is 2. The van der Waals surface area contributed by atoms with E-state index >= 15 is 0 Å². The zero-order chi connectivity index (χ0) is 14.4. The van der Waals surface area contributed by atoms with Gasteiger partial charge in [0.2, 0.25) is 12.6 Å². The Balaban J connectivity index is 1.75. The Labute approximate surface area is 134 Å². The van der Waals surface area contributed by atoms with Crippen molar-refractivity contribution in [1.29, 1.82) is 0 Å². The van der Waals surface area contributed by atoms with Crippen LogP contribution in [-0.4, -0.2) is 12.6 Å². The average Bonchev–Trinajstić information content (AvgIpc) is 3.05. The third kappa shape index (κ3) is 2.17. The molecule has 0 spiro atoms. The molecule has 0 fully saturated rings. The Hall–Kier alpha value is -1.72. The van der Waals surface area contributed by atoms with E-state index in [1.807, 2.05) is 42.5 Å². The van der Waals surface area contributed by atoms with E-state index in [-0.39, 0.29) is 12.6 Å². The zero-order valence-electron chi connectivity index (χ0n) is 10.8. The maximum absolute atomic E-state index is 12.4. The fourth-order valence-electron chi connectivity index (χ4n) is 2.32. The number of fused-ring (bicyclic) bond motifs is 2. The van der Waals surface area contributed by atoms with Crippen molar-refractivity contribution >= 4 is 39.6 Å². The molecule has 0 amide bonds. The second-order valence-electron chi connectivity index (χ2n) is 4.66. The van der Waals surface area contributed by atoms with Crippen LogP contribution in [0.4, 0.5) is 0 Å². The molecule has 0 bridgehead atoms. The molecule has 0 saturated heterocycles. The molecule has 3 nitrogen and oxygen atoms in total. The van der Waals surface area contributed by atoms with Gasteiger partial charge in [-0.15, -0.1) is 0 Å². The molecule has 21 heavy (non-hydrogen) atoms. The van der Waals surface area contributed by atoms with E-state index in [1.54, 1.807) is 0 Å². The topological polar surface area (TPSA) is 35.5 Å². The van der Waals surface area contributed by atoms with Crippen LogP contribution in [0.25, 0.3) is 6.08 Å². The van der Waals surface area contributed by atoms with E-state index < -0.39 is 0 Å². The van der Waals surface area contributed by atoms with E-state index in [1.165, 1.54) is 11.8 Å². The number of allylic oxidation sites excluding steroid dienone is 1. The van der Waals surface area contributed by atoms with Gasteiger partial charge in [-0.05, 0) is 35.9 Å². The SMILES string of the molecule is O=C1C(=Cc2cc3c(cc2Br)OCO3)Sc2ccccc21. The van der Waals surface area contributed by atoms with E-state index in [2.05, 4.69) is 15.9 Å². The molecular formula is C16H9BrO3S. The van der Waals surface area contributed by atoms with Crippen molar-refractivity contribution in [2.75, 3.05) is 6.79 Å². The van der Waals surface area contributed by atoms with Crippen LogP contribution in [0.5, 0.6) is 11.5 Å². The van der Waals surface area contributed by atoms with Crippen molar-refractivity contribution < 1.29 is 14.3 Å². The highest BCUT2D eigenvalue weighted by Crippen LogP contribution is 2.43. The van der Waals surface area contributed by atoms with Crippen molar-refractivity contribution in [3.8, 4) is 11.5 Å². The smallest absolute Gasteiger partial charge is 0.231 e. The summed E-state index contributed by atoms with van der Waals surface area (Å²) >= 11 is 5.01. The molecule has 0 aliphatic carbocycles. The van der Waals surface area contributed by atoms with Gasteiger partial charge in [-0.3, -0.25) is 4.79 Å². The van der Waals surface area contributed by atoms with Gasteiger partial charge >= 0.3 is 0 Å². The van der Waals surface area contributed by atoms with E-state index in [0.717, 1.165) is 31.1 Å². The standard InChI is InChI=1S/C16H9BrO3S/c17-11-7-13-12(19-8-20-13)5-9(11)6-15-16(18)10-3-1-2-4-14(10)21-15/h1-7H,8H2. The molecule has 5 heteroatoms. The molecule has 0 aromatic heterocycles. The Kier molecular flexibility index (Phi) is 3.05. The first kappa shape index (κ1) is 13.0. The van der Waals surface area contributed by atoms with Crippen molar-refractivity contribution in [2.45, 2.75) is 4.90 Å². The number of thioether (sulfide) groups is 1. The van der Waals surface area contributed by atoms with Crippen LogP contribution < -0.4 is 9.47 Å². The number of benzene rings is 2. The first-order valence-corrected chi connectivity index (χ1v) is 7.96. The summed E-state index contributed by atoms with van der Waals surface area (Å²) in [6.45, 7) is 0.237. The Bertz CT molecular complexity index is 798. The minimum atomic E-state index is 0.0696. The number of ketones is 1. The maximum Gasteiger partial charge on any atom is 0.231 e. The van der Waals surface area contributed by atoms with Gasteiger partial charge in [0.15, 0.2) is 11.5 Å². The largest absolute Gasteiger partial charge is 0.454 e. The fourth-order valence-corrected chi connectivity index (χ4v) is 3.80. The molecule has 0 radical (unpaired) electrons. The van der Waals surface area contributed by atoms with Gasteiger partial charge in [0.25, 0.3) is 0 Å². The Morgan fingerprint density at radius 3 is 2.71 bits per heavy atom. The molecule has 2 aromatic carbocycles. The summed E-state index contributed by atoms with van der Waals surface area (Å²) in [4.78, 5) is 14.1. The number of carbonyl (C=O) groups is 1. The number of halogens is 1. The average molecular weight is 361 g/mol. The molecule has 2 aliphatic heterocycles. The molecule has 4 rings (SSSR count). The quantitative estimate of drug-likeness (QED) is 0.701. The summed E-state index contributed by atoms with van der Waals surface area (Å²) in [6.07, 6.45) is 1.89. The lowest BCUT2D eigenvalue weighted by molar-refractivity contribution is 0.104. The highest BCUT2D eigenvalue weighted by atomic mass is 79.9. The molecular weight excluding hydrogens is 352 g/mol. The first-order chi connectivity index (χ1) is 10.2. The van der Waals surface area contributed by atoms with Gasteiger partial charge in [0.05, 0.1) is 4.91 Å². The third-order valence-electron chi connectivity index (χ3n) is 3.35. The predicted octanol–water partition coefficient (Wildman–Crippen LogP) is 4.51. The molecule has 0 unspecified atom stereocenters. The second kappa shape index (κ2) is 4.93. The van der Waals surface area contributed by atoms with Crippen LogP contribution in [0.2, 0.25) is 0 Å². The second-order valence-corrected chi connectivity index (χ2v) is 6.60. The van der Waals surface area contributed by atoms with Crippen molar-refractivity contribution in [3.63, 3.8) is 0 Å². The Morgan fingerprint density at radius 2 is 1.90 bits per heavy atom. The Morgan fingerprint density at radius 1 is 1.14 bits per heavy atom. The number of carbonyl (C=O) groups excluding carboxylic acids is 1. The molecule has 0 atom stereocenters. The molecule has 104 valence electrons. The van der Waals surface area contributed by atoms with Gasteiger partial charge in [0, 0.05) is 14.9 Å². The lowest BCUT2D eigenvalue weighted by Gasteiger charge is -2.03. The predicted molar refractivity (Wildman–Crippen MR) is 84.9 cm³/mol. The van der Waals surface area contributed by atoms with Crippen molar-refractivity contribution in [2.24, 2.45) is 0 Å². The number of rotatable bonds is 1. The summed E-state index contributed by atoms with van der Waals surface area (Å²) in [5.74, 6) is 1.50. The van der Waals surface area contributed by atoms with E-state index in [4.69, 9.17) is 9.47 Å². The van der Waals surface area contributed by atoms with Crippen LogP contribution in [0.1, 0.15) is 15.9 Å². The van der Waals surface area contributed by atoms with Gasteiger partial charge in [-0.25, -0.2) is 0 Å². The van der Waals surface area contributed by atoms with Crippen molar-refractivity contribution in [3.05, 3.63) is 56.9 Å². The summed E-state index contributed by atoms with van der Waals surface area (Å²) in [5, 5.41) is 0. The summed E-state index contributed by atoms with van der Waals surface area (Å²) in [5.41, 5.74) is 1.67. The summed E-state index contributed by atoms with van der Waals surface area (Å²) in [6, 6.07) is 11.4. The lowest BCUT2D eigenvalue weighted by Crippen LogP contribution is -1.93. The van der Waals surface area contributed by atoms with Crippen LogP contribution >= 0.6 is 27.7 Å². The van der Waals surface area contributed by atoms with Gasteiger partial charge in [-0.2, -0.15) is 0 Å². The van der Waals surface area contributed by atoms with Crippen LogP contribution in [0, 0.1) is 0 Å². The van der Waals surface area contributed by atoms with Crippen molar-refractivity contribution in [1.82, 2.24) is 0 Å². The summed E-state index contributed by atoms with van der Waals surface area (Å²) < 4.78 is 11.6. The van der Waals surface area contributed by atoms with Gasteiger partial charge in [0.1, 0.15) is 0 Å². The summed E-state index contributed by atoms with van der Waals surface area (Å²) in [7, 11) is 0. The molecule has 0 N–H and O–H groups in total. The number of Topliss-reactive ketones (excluding diaryl/α,β-unsaturated/α-hetero) is 1. The van der Waals surface area contributed by atoms with E-state index in [9.17, 15) is 4.79 Å². The number of hydrogen-bond donors (Lipinski definition) is 0. The molecule has 2 aromatic rings. The molecule has 2 heterocycles. The monoisotopic (exact) mass is 360 g/mol. The maximum atomic E-state index is 12.4. The minimum Gasteiger partial charge on any atom is -0.454 e. The van der Waals surface area contributed by atoms with Crippen LogP contribution in [0.3, 0.4) is 0 Å². The highest BCUT2D eigenvalue weighted by molar-refractivity contribution is 9.10. The van der Waals surface area contributed by atoms with Gasteiger partial charge in [-0.1, -0.05) is 39.8 Å². The van der Waals surface area contributed by atoms with Crippen LogP contribution in [-0.2, 0) is 0 Å². The van der Waals surface area contributed by atoms with E-state index in [0.29, 0.717) is 5.75 Å². The lowest BCUT2D eigenvalue weighted by atomic mass is 10.1. The molecule has 0 saturated carbocycles. The van der Waals surface area contributed by atoms with Crippen LogP contribution in [0.15, 0.2) is 50.7 Å². The normalized spacial score (nSPS) is 17.4. The zero-order valence-corrected chi connectivity index (χ0v) is 13.2. The first-order valence-electron chi connectivity index (χ1n) is 6.35. The third-order valence-corrected chi connectivity index (χ3v) is 5.14. The molecule has 2 aliphatic rings. The fraction of sp³-hybridized carbons (Fsp3) is 0.0625. The van der Waals surface area contributed by atoms with Gasteiger partial charge < -0.3 is 9.47 Å². The minimum absolute atomic E-state index is 0.0696. The highest BCUT2D eigenvalue weighted by Gasteiger charge is 2.26. The number of hydrogen-bond acceptors (Lipinski definition) is 4.